The monoisotopic (exact) mass is 368 g/mol. The van der Waals surface area contributed by atoms with Gasteiger partial charge in [-0.25, -0.2) is 9.98 Å². The predicted molar refractivity (Wildman–Crippen MR) is 108 cm³/mol. The van der Waals surface area contributed by atoms with Crippen LogP contribution in [0.2, 0.25) is 0 Å². The molecule has 3 N–H and O–H groups in total. The van der Waals surface area contributed by atoms with Crippen LogP contribution in [0.3, 0.4) is 0 Å². The highest BCUT2D eigenvalue weighted by Crippen LogP contribution is 2.25. The van der Waals surface area contributed by atoms with Gasteiger partial charge < -0.3 is 20.2 Å². The standard InChI is InChI=1S/C21H28N4O2/c1-4-13(2)11-19(27-16-10-9-15(26)12-16)25-20(14(3)22)21-23-17-7-5-6-8-18(17)24-21/h5-8,11,15-16,20,22,26H,4,9-10,12H2,1-3H3,(H,23,24). The van der Waals surface area contributed by atoms with E-state index in [1.807, 2.05) is 37.3 Å². The lowest BCUT2D eigenvalue weighted by molar-refractivity contribution is 0.144. The summed E-state index contributed by atoms with van der Waals surface area (Å²) in [7, 11) is 0. The number of para-hydroxylation sites is 2. The predicted octanol–water partition coefficient (Wildman–Crippen LogP) is 4.33. The van der Waals surface area contributed by atoms with Crippen molar-refractivity contribution in [3.63, 3.8) is 0 Å². The molecule has 0 bridgehead atoms. The van der Waals surface area contributed by atoms with Gasteiger partial charge in [-0.05, 0) is 51.3 Å². The Morgan fingerprint density at radius 2 is 2.19 bits per heavy atom. The molecule has 0 radical (unpaired) electrons. The second kappa shape index (κ2) is 8.48. The number of nitrogens with zero attached hydrogens (tertiary/aromatic N) is 2. The van der Waals surface area contributed by atoms with Crippen LogP contribution in [0.4, 0.5) is 0 Å². The van der Waals surface area contributed by atoms with Crippen LogP contribution in [0, 0.1) is 5.41 Å². The number of allylic oxidation sites excluding steroid dienone is 1. The van der Waals surface area contributed by atoms with Crippen molar-refractivity contribution >= 4 is 22.6 Å². The minimum absolute atomic E-state index is 0.0398. The average molecular weight is 368 g/mol. The molecule has 1 saturated carbocycles. The normalized spacial score (nSPS) is 22.2. The highest BCUT2D eigenvalue weighted by atomic mass is 16.5. The number of fused-ring (bicyclic) bond motifs is 1. The van der Waals surface area contributed by atoms with Crippen LogP contribution in [0.1, 0.15) is 58.3 Å². The highest BCUT2D eigenvalue weighted by Gasteiger charge is 2.26. The van der Waals surface area contributed by atoms with E-state index in [1.54, 1.807) is 6.92 Å². The number of benzene rings is 1. The Labute approximate surface area is 159 Å². The van der Waals surface area contributed by atoms with Crippen LogP contribution in [0.15, 0.2) is 40.9 Å². The van der Waals surface area contributed by atoms with Crippen LogP contribution in [-0.2, 0) is 4.74 Å². The molecule has 3 rings (SSSR count). The Bertz CT molecular complexity index is 835. The minimum atomic E-state index is -0.528. The summed E-state index contributed by atoms with van der Waals surface area (Å²) in [6.45, 7) is 5.85. The molecule has 0 saturated heterocycles. The van der Waals surface area contributed by atoms with Gasteiger partial charge in [0.1, 0.15) is 18.0 Å². The van der Waals surface area contributed by atoms with E-state index in [4.69, 9.17) is 15.1 Å². The number of imidazole rings is 1. The number of H-pyrrole nitrogens is 1. The van der Waals surface area contributed by atoms with Gasteiger partial charge in [0.15, 0.2) is 0 Å². The second-order valence-electron chi connectivity index (χ2n) is 7.24. The zero-order valence-corrected chi connectivity index (χ0v) is 16.2. The first kappa shape index (κ1) is 19.3. The minimum Gasteiger partial charge on any atom is -0.474 e. The lowest BCUT2D eigenvalue weighted by Crippen LogP contribution is -2.18. The van der Waals surface area contributed by atoms with Crippen molar-refractivity contribution < 1.29 is 9.84 Å². The van der Waals surface area contributed by atoms with Crippen molar-refractivity contribution in [3.8, 4) is 0 Å². The molecule has 6 heteroatoms. The number of hydrogen-bond donors (Lipinski definition) is 3. The SMILES string of the molecule is CCC(C)=CC(=NC(C(C)=N)c1nc2ccccc2[nH]1)OC1CCC(O)C1. The fourth-order valence-corrected chi connectivity index (χ4v) is 3.20. The summed E-state index contributed by atoms with van der Waals surface area (Å²) in [4.78, 5) is 12.6. The number of nitrogens with one attached hydrogen (secondary N) is 2. The van der Waals surface area contributed by atoms with E-state index in [0.717, 1.165) is 35.9 Å². The Kier molecular flexibility index (Phi) is 6.06. The van der Waals surface area contributed by atoms with Gasteiger partial charge in [-0.2, -0.15) is 0 Å². The maximum Gasteiger partial charge on any atom is 0.209 e. The van der Waals surface area contributed by atoms with Gasteiger partial charge in [0.25, 0.3) is 0 Å². The van der Waals surface area contributed by atoms with Crippen molar-refractivity contribution in [1.82, 2.24) is 9.97 Å². The fourth-order valence-electron chi connectivity index (χ4n) is 3.20. The van der Waals surface area contributed by atoms with E-state index in [2.05, 4.69) is 16.9 Å². The molecule has 1 aliphatic carbocycles. The van der Waals surface area contributed by atoms with Gasteiger partial charge >= 0.3 is 0 Å². The maximum atomic E-state index is 9.78. The molecule has 1 aliphatic rings. The largest absolute Gasteiger partial charge is 0.474 e. The molecule has 3 atom stereocenters. The van der Waals surface area contributed by atoms with Crippen molar-refractivity contribution in [1.29, 1.82) is 5.41 Å². The molecule has 0 aliphatic heterocycles. The number of aliphatic imine (C=N–C) groups is 1. The van der Waals surface area contributed by atoms with Gasteiger partial charge in [0.2, 0.25) is 5.90 Å². The third kappa shape index (κ3) is 4.83. The molecule has 1 aromatic heterocycles. The van der Waals surface area contributed by atoms with Crippen molar-refractivity contribution in [2.24, 2.45) is 4.99 Å². The van der Waals surface area contributed by atoms with Crippen molar-refractivity contribution in [3.05, 3.63) is 41.7 Å². The Balaban J connectivity index is 1.93. The Hall–Kier alpha value is -2.47. The average Bonchev–Trinajstić information content (AvgIpc) is 3.24. The molecule has 3 unspecified atom stereocenters. The second-order valence-corrected chi connectivity index (χ2v) is 7.24. The number of aromatic amines is 1. The first-order chi connectivity index (χ1) is 13.0. The van der Waals surface area contributed by atoms with E-state index in [9.17, 15) is 5.11 Å². The molecule has 1 fully saturated rings. The topological polar surface area (TPSA) is 94.4 Å². The summed E-state index contributed by atoms with van der Waals surface area (Å²) in [5.41, 5.74) is 3.33. The summed E-state index contributed by atoms with van der Waals surface area (Å²) in [6, 6.07) is 7.26. The molecule has 0 amide bonds. The summed E-state index contributed by atoms with van der Waals surface area (Å²) < 4.78 is 6.11. The quantitative estimate of drug-likeness (QED) is 0.523. The molecule has 27 heavy (non-hydrogen) atoms. The zero-order chi connectivity index (χ0) is 19.4. The molecule has 2 aromatic rings. The first-order valence-corrected chi connectivity index (χ1v) is 9.55. The summed E-state index contributed by atoms with van der Waals surface area (Å²) in [5.74, 6) is 1.14. The lowest BCUT2D eigenvalue weighted by atomic mass is 10.2. The van der Waals surface area contributed by atoms with E-state index in [-0.39, 0.29) is 12.2 Å². The molecule has 1 aromatic carbocycles. The first-order valence-electron chi connectivity index (χ1n) is 9.55. The van der Waals surface area contributed by atoms with Crippen LogP contribution >= 0.6 is 0 Å². The summed E-state index contributed by atoms with van der Waals surface area (Å²) >= 11 is 0. The van der Waals surface area contributed by atoms with Crippen LogP contribution < -0.4 is 0 Å². The molecule has 144 valence electrons. The number of hydrogen-bond acceptors (Lipinski definition) is 5. The van der Waals surface area contributed by atoms with Crippen molar-refractivity contribution in [2.45, 2.75) is 64.7 Å². The molecular weight excluding hydrogens is 340 g/mol. The third-order valence-corrected chi connectivity index (χ3v) is 4.90. The van der Waals surface area contributed by atoms with E-state index in [1.165, 1.54) is 0 Å². The third-order valence-electron chi connectivity index (χ3n) is 4.90. The number of aliphatic hydroxyl groups is 1. The maximum absolute atomic E-state index is 9.78. The number of aliphatic hydroxyl groups excluding tert-OH is 1. The summed E-state index contributed by atoms with van der Waals surface area (Å²) in [6.07, 6.45) is 4.68. The van der Waals surface area contributed by atoms with Gasteiger partial charge in [0, 0.05) is 12.1 Å². The van der Waals surface area contributed by atoms with E-state index in [0.29, 0.717) is 23.9 Å². The number of ether oxygens (including phenoxy) is 1. The van der Waals surface area contributed by atoms with Gasteiger partial charge in [-0.3, -0.25) is 0 Å². The van der Waals surface area contributed by atoms with Gasteiger partial charge in [0.05, 0.1) is 17.1 Å². The Morgan fingerprint density at radius 3 is 2.81 bits per heavy atom. The molecule has 1 heterocycles. The fraction of sp³-hybridized carbons (Fsp3) is 0.476. The van der Waals surface area contributed by atoms with Gasteiger partial charge in [-0.15, -0.1) is 0 Å². The molecule has 6 nitrogen and oxygen atoms in total. The highest BCUT2D eigenvalue weighted by molar-refractivity contribution is 5.93. The molecular formula is C21H28N4O2. The smallest absolute Gasteiger partial charge is 0.209 e. The van der Waals surface area contributed by atoms with Crippen LogP contribution in [0.5, 0.6) is 0 Å². The van der Waals surface area contributed by atoms with Crippen LogP contribution in [0.25, 0.3) is 11.0 Å². The van der Waals surface area contributed by atoms with Gasteiger partial charge in [-0.1, -0.05) is 24.6 Å². The van der Waals surface area contributed by atoms with E-state index < -0.39 is 6.04 Å². The Morgan fingerprint density at radius 1 is 1.41 bits per heavy atom. The molecule has 0 spiro atoms. The lowest BCUT2D eigenvalue weighted by Gasteiger charge is -2.16. The van der Waals surface area contributed by atoms with E-state index >= 15 is 0 Å². The van der Waals surface area contributed by atoms with Crippen molar-refractivity contribution in [2.75, 3.05) is 0 Å². The zero-order valence-electron chi connectivity index (χ0n) is 16.2. The van der Waals surface area contributed by atoms with Crippen LogP contribution in [-0.4, -0.2) is 38.9 Å². The number of rotatable bonds is 6. The number of aromatic nitrogens is 2. The summed E-state index contributed by atoms with van der Waals surface area (Å²) in [5, 5.41) is 18.0.